The zero-order valence-electron chi connectivity index (χ0n) is 20.6. The molecule has 0 bridgehead atoms. The number of carboxylic acid groups (broad SMARTS) is 1. The summed E-state index contributed by atoms with van der Waals surface area (Å²) in [5.41, 5.74) is 5.21. The van der Waals surface area contributed by atoms with Gasteiger partial charge in [0.1, 0.15) is 12.6 Å². The van der Waals surface area contributed by atoms with E-state index in [1.807, 2.05) is 50.2 Å². The second-order valence-corrected chi connectivity index (χ2v) is 9.44. The van der Waals surface area contributed by atoms with E-state index in [2.05, 4.69) is 22.8 Å². The number of benzene rings is 3. The van der Waals surface area contributed by atoms with Crippen LogP contribution in [-0.2, 0) is 9.53 Å². The van der Waals surface area contributed by atoms with Gasteiger partial charge in [-0.3, -0.25) is 4.79 Å². The second kappa shape index (κ2) is 10.6. The van der Waals surface area contributed by atoms with E-state index >= 15 is 0 Å². The Labute approximate surface area is 210 Å². The average molecular weight is 487 g/mol. The van der Waals surface area contributed by atoms with Crippen molar-refractivity contribution in [3.63, 3.8) is 0 Å². The monoisotopic (exact) mass is 486 g/mol. The Balaban J connectivity index is 1.46. The Morgan fingerprint density at radius 2 is 1.53 bits per heavy atom. The fourth-order valence-corrected chi connectivity index (χ4v) is 4.76. The van der Waals surface area contributed by atoms with Gasteiger partial charge in [0.25, 0.3) is 0 Å². The number of aromatic carboxylic acids is 1. The highest BCUT2D eigenvalue weighted by Crippen LogP contribution is 2.44. The number of carboxylic acids is 1. The molecule has 1 atom stereocenters. The summed E-state index contributed by atoms with van der Waals surface area (Å²) in [6.45, 7) is 5.68. The number of carbonyl (C=O) groups excluding carboxylic acids is 2. The smallest absolute Gasteiger partial charge is 0.407 e. The van der Waals surface area contributed by atoms with E-state index in [1.54, 1.807) is 19.1 Å². The molecule has 1 aliphatic rings. The first-order valence-electron chi connectivity index (χ1n) is 12.0. The maximum Gasteiger partial charge on any atom is 0.407 e. The van der Waals surface area contributed by atoms with Crippen LogP contribution in [0.1, 0.15) is 53.2 Å². The summed E-state index contributed by atoms with van der Waals surface area (Å²) in [5, 5.41) is 14.9. The minimum absolute atomic E-state index is 0.0234. The SMILES string of the molecule is Cc1cccc(NC(=O)[C@H](CC(C)C)NC(=O)OCC2c3ccccc3-c3ccccc32)c1C(=O)O. The van der Waals surface area contributed by atoms with Crippen molar-refractivity contribution < 1.29 is 24.2 Å². The molecule has 3 aromatic rings. The summed E-state index contributed by atoms with van der Waals surface area (Å²) in [5.74, 6) is -1.62. The van der Waals surface area contributed by atoms with Gasteiger partial charge < -0.3 is 20.5 Å². The van der Waals surface area contributed by atoms with E-state index in [1.165, 1.54) is 6.07 Å². The number of aryl methyl sites for hydroxylation is 1. The third-order valence-corrected chi connectivity index (χ3v) is 6.40. The minimum atomic E-state index is -1.13. The number of nitrogens with one attached hydrogen (secondary N) is 2. The molecule has 0 unspecified atom stereocenters. The molecule has 3 aromatic carbocycles. The predicted molar refractivity (Wildman–Crippen MR) is 138 cm³/mol. The standard InChI is InChI=1S/C29H30N2O5/c1-17(2)15-25(27(32)30-24-14-8-9-18(3)26(24)28(33)34)31-29(35)36-16-23-21-12-6-4-10-19(21)20-11-5-7-13-22(20)23/h4-14,17,23,25H,15-16H2,1-3H3,(H,30,32)(H,31,35)(H,33,34)/t25-/m0/s1. The van der Waals surface area contributed by atoms with Crippen molar-refractivity contribution in [2.45, 2.75) is 39.2 Å². The fourth-order valence-electron chi connectivity index (χ4n) is 4.76. The molecule has 0 aliphatic heterocycles. The summed E-state index contributed by atoms with van der Waals surface area (Å²) in [4.78, 5) is 37.6. The first-order chi connectivity index (χ1) is 17.3. The van der Waals surface area contributed by atoms with Crippen molar-refractivity contribution in [1.29, 1.82) is 0 Å². The molecule has 7 nitrogen and oxygen atoms in total. The molecule has 0 saturated carbocycles. The largest absolute Gasteiger partial charge is 0.478 e. The van der Waals surface area contributed by atoms with Crippen LogP contribution < -0.4 is 10.6 Å². The number of amides is 2. The number of anilines is 1. The second-order valence-electron chi connectivity index (χ2n) is 9.44. The summed E-state index contributed by atoms with van der Waals surface area (Å²) < 4.78 is 5.61. The average Bonchev–Trinajstić information content (AvgIpc) is 3.15. The molecule has 7 heteroatoms. The Morgan fingerprint density at radius 3 is 2.11 bits per heavy atom. The summed E-state index contributed by atoms with van der Waals surface area (Å²) in [6, 6.07) is 20.1. The molecule has 0 spiro atoms. The molecular weight excluding hydrogens is 456 g/mol. The van der Waals surface area contributed by atoms with Gasteiger partial charge in [0, 0.05) is 5.92 Å². The maximum absolute atomic E-state index is 13.1. The van der Waals surface area contributed by atoms with Crippen LogP contribution in [0.5, 0.6) is 0 Å². The highest BCUT2D eigenvalue weighted by atomic mass is 16.5. The van der Waals surface area contributed by atoms with Crippen LogP contribution in [0.2, 0.25) is 0 Å². The number of carbonyl (C=O) groups is 3. The lowest BCUT2D eigenvalue weighted by molar-refractivity contribution is -0.118. The van der Waals surface area contributed by atoms with Gasteiger partial charge in [-0.05, 0) is 53.1 Å². The van der Waals surface area contributed by atoms with E-state index < -0.39 is 24.0 Å². The van der Waals surface area contributed by atoms with Gasteiger partial charge in [-0.1, -0.05) is 74.5 Å². The summed E-state index contributed by atoms with van der Waals surface area (Å²) in [7, 11) is 0. The highest BCUT2D eigenvalue weighted by molar-refractivity contribution is 6.03. The lowest BCUT2D eigenvalue weighted by Gasteiger charge is -2.21. The predicted octanol–water partition coefficient (Wildman–Crippen LogP) is 5.59. The molecule has 36 heavy (non-hydrogen) atoms. The van der Waals surface area contributed by atoms with Crippen molar-refractivity contribution in [1.82, 2.24) is 5.32 Å². The van der Waals surface area contributed by atoms with Crippen molar-refractivity contribution in [3.8, 4) is 11.1 Å². The quantitative estimate of drug-likeness (QED) is 0.385. The van der Waals surface area contributed by atoms with Gasteiger partial charge in [0.2, 0.25) is 5.91 Å². The van der Waals surface area contributed by atoms with Gasteiger partial charge in [-0.15, -0.1) is 0 Å². The maximum atomic E-state index is 13.1. The molecule has 0 radical (unpaired) electrons. The minimum Gasteiger partial charge on any atom is -0.478 e. The van der Waals surface area contributed by atoms with Crippen LogP contribution in [0, 0.1) is 12.8 Å². The van der Waals surface area contributed by atoms with E-state index in [4.69, 9.17) is 4.74 Å². The molecule has 0 fully saturated rings. The van der Waals surface area contributed by atoms with E-state index in [9.17, 15) is 19.5 Å². The number of hydrogen-bond donors (Lipinski definition) is 3. The third kappa shape index (κ3) is 5.25. The normalized spacial score (nSPS) is 13.0. The van der Waals surface area contributed by atoms with Crippen molar-refractivity contribution in [2.24, 2.45) is 5.92 Å². The van der Waals surface area contributed by atoms with Gasteiger partial charge in [0.05, 0.1) is 11.3 Å². The number of hydrogen-bond acceptors (Lipinski definition) is 4. The molecule has 3 N–H and O–H groups in total. The van der Waals surface area contributed by atoms with Gasteiger partial charge >= 0.3 is 12.1 Å². The van der Waals surface area contributed by atoms with Crippen LogP contribution >= 0.6 is 0 Å². The Kier molecular flexibility index (Phi) is 7.38. The first kappa shape index (κ1) is 25.0. The van der Waals surface area contributed by atoms with Gasteiger partial charge in [-0.25, -0.2) is 9.59 Å². The summed E-state index contributed by atoms with van der Waals surface area (Å²) in [6.07, 6.45) is -0.329. The molecular formula is C29H30N2O5. The van der Waals surface area contributed by atoms with Crippen LogP contribution in [0.4, 0.5) is 10.5 Å². The Hall–Kier alpha value is -4.13. The highest BCUT2D eigenvalue weighted by Gasteiger charge is 2.30. The number of ether oxygens (including phenoxy) is 1. The van der Waals surface area contributed by atoms with Crippen LogP contribution in [0.3, 0.4) is 0 Å². The zero-order chi connectivity index (χ0) is 25.8. The topological polar surface area (TPSA) is 105 Å². The van der Waals surface area contributed by atoms with Crippen molar-refractivity contribution in [3.05, 3.63) is 89.0 Å². The molecule has 186 valence electrons. The lowest BCUT2D eigenvalue weighted by atomic mass is 9.98. The first-order valence-corrected chi connectivity index (χ1v) is 12.0. The Bertz CT molecular complexity index is 1250. The van der Waals surface area contributed by atoms with Gasteiger partial charge in [-0.2, -0.15) is 0 Å². The molecule has 0 heterocycles. The molecule has 0 aromatic heterocycles. The third-order valence-electron chi connectivity index (χ3n) is 6.40. The number of alkyl carbamates (subject to hydrolysis) is 1. The van der Waals surface area contributed by atoms with Gasteiger partial charge in [0.15, 0.2) is 0 Å². The van der Waals surface area contributed by atoms with Crippen LogP contribution in [0.25, 0.3) is 11.1 Å². The molecule has 2 amide bonds. The van der Waals surface area contributed by atoms with Crippen LogP contribution in [-0.4, -0.2) is 35.7 Å². The fraction of sp³-hybridized carbons (Fsp3) is 0.276. The summed E-state index contributed by atoms with van der Waals surface area (Å²) >= 11 is 0. The van der Waals surface area contributed by atoms with E-state index in [-0.39, 0.29) is 29.7 Å². The van der Waals surface area contributed by atoms with E-state index in [0.717, 1.165) is 22.3 Å². The zero-order valence-corrected chi connectivity index (χ0v) is 20.6. The molecule has 4 rings (SSSR count). The molecule has 1 aliphatic carbocycles. The lowest BCUT2D eigenvalue weighted by Crippen LogP contribution is -2.45. The van der Waals surface area contributed by atoms with E-state index in [0.29, 0.717) is 12.0 Å². The Morgan fingerprint density at radius 1 is 0.917 bits per heavy atom. The van der Waals surface area contributed by atoms with Crippen molar-refractivity contribution in [2.75, 3.05) is 11.9 Å². The molecule has 0 saturated heterocycles. The van der Waals surface area contributed by atoms with Crippen LogP contribution in [0.15, 0.2) is 66.7 Å². The number of fused-ring (bicyclic) bond motifs is 3. The van der Waals surface area contributed by atoms with Crippen molar-refractivity contribution >= 4 is 23.7 Å². The number of rotatable bonds is 8.